The molecule has 12 heteroatoms. The van der Waals surface area contributed by atoms with E-state index >= 15 is 0 Å². The Morgan fingerprint density at radius 1 is 1.32 bits per heavy atom. The molecule has 0 amide bonds. The van der Waals surface area contributed by atoms with Crippen LogP contribution in [-0.4, -0.2) is 71.4 Å². The summed E-state index contributed by atoms with van der Waals surface area (Å²) in [4.78, 5) is 1.99. The van der Waals surface area contributed by atoms with Gasteiger partial charge in [0.2, 0.25) is 10.4 Å². The van der Waals surface area contributed by atoms with Crippen molar-refractivity contribution in [3.05, 3.63) is 0 Å². The molecule has 140 valence electrons. The first kappa shape index (κ1) is 24.0. The van der Waals surface area contributed by atoms with Gasteiger partial charge in [0, 0.05) is 18.8 Å². The van der Waals surface area contributed by atoms with Crippen LogP contribution >= 0.6 is 24.0 Å². The fraction of sp³-hybridized carbons (Fsp3) is 0.923. The second kappa shape index (κ2) is 9.46. The van der Waals surface area contributed by atoms with Gasteiger partial charge in [-0.3, -0.25) is 4.18 Å². The maximum Gasteiger partial charge on any atom is 1.00 e. The standard InChI is InChI=1S/C13H23NO7S3.Na/c1-5-14(6-2)12(22)23-7-8-9(21-24(15,16)17)10-11(18-8)20-13(3,4)19-10;/h8-11H,5-7H2,1-4H3,(H,15,16,17);/q;+1/p-1/t8-,9+,10-,11-;/m1./s1. The Balaban J connectivity index is 0.00000312. The second-order valence-corrected chi connectivity index (χ2v) is 8.52. The van der Waals surface area contributed by atoms with E-state index in [0.717, 1.165) is 13.1 Å². The first-order valence-electron chi connectivity index (χ1n) is 7.63. The summed E-state index contributed by atoms with van der Waals surface area (Å²) in [7, 11) is -4.90. The number of thiocarbonyl (C=S) groups is 1. The van der Waals surface area contributed by atoms with E-state index in [1.165, 1.54) is 11.8 Å². The minimum Gasteiger partial charge on any atom is -0.726 e. The van der Waals surface area contributed by atoms with Crippen molar-refractivity contribution in [2.45, 2.75) is 58.1 Å². The molecule has 2 rings (SSSR count). The molecular weight excluding hydrogens is 401 g/mol. The molecule has 0 spiro atoms. The van der Waals surface area contributed by atoms with E-state index < -0.39 is 40.8 Å². The van der Waals surface area contributed by atoms with Gasteiger partial charge in [0.05, 0.1) is 0 Å². The molecule has 8 nitrogen and oxygen atoms in total. The van der Waals surface area contributed by atoms with Crippen LogP contribution in [0.4, 0.5) is 0 Å². The number of nitrogens with zero attached hydrogens (tertiary/aromatic N) is 1. The zero-order valence-corrected chi connectivity index (χ0v) is 19.4. The van der Waals surface area contributed by atoms with E-state index in [-0.39, 0.29) is 29.6 Å². The molecule has 2 aliphatic rings. The van der Waals surface area contributed by atoms with Gasteiger partial charge >= 0.3 is 29.6 Å². The maximum atomic E-state index is 11.1. The Morgan fingerprint density at radius 3 is 2.44 bits per heavy atom. The maximum absolute atomic E-state index is 11.1. The van der Waals surface area contributed by atoms with Crippen LogP contribution < -0.4 is 29.6 Å². The van der Waals surface area contributed by atoms with Crippen LogP contribution in [0.3, 0.4) is 0 Å². The summed E-state index contributed by atoms with van der Waals surface area (Å²) in [5.41, 5.74) is 0. The number of thioether (sulfide) groups is 1. The van der Waals surface area contributed by atoms with E-state index in [4.69, 9.17) is 26.4 Å². The summed E-state index contributed by atoms with van der Waals surface area (Å²) in [6, 6.07) is 0. The number of hydrogen-bond acceptors (Lipinski definition) is 9. The second-order valence-electron chi connectivity index (χ2n) is 5.86. The summed E-state index contributed by atoms with van der Waals surface area (Å²) >= 11 is 6.69. The molecule has 0 aliphatic carbocycles. The van der Waals surface area contributed by atoms with Gasteiger partial charge in [-0.1, -0.05) is 24.0 Å². The first-order valence-corrected chi connectivity index (χ1v) is 10.4. The molecule has 0 aromatic heterocycles. The van der Waals surface area contributed by atoms with Crippen LogP contribution in [0.5, 0.6) is 0 Å². The number of hydrogen-bond donors (Lipinski definition) is 0. The average molecular weight is 424 g/mol. The van der Waals surface area contributed by atoms with E-state index in [0.29, 0.717) is 10.1 Å². The summed E-state index contributed by atoms with van der Waals surface area (Å²) in [6.07, 6.45) is -3.31. The Morgan fingerprint density at radius 2 is 1.92 bits per heavy atom. The zero-order valence-electron chi connectivity index (χ0n) is 15.0. The molecule has 2 saturated heterocycles. The van der Waals surface area contributed by atoms with Crippen molar-refractivity contribution >= 4 is 38.7 Å². The van der Waals surface area contributed by atoms with Gasteiger partial charge in [0.15, 0.2) is 12.1 Å². The van der Waals surface area contributed by atoms with E-state index in [1.807, 2.05) is 18.7 Å². The molecule has 0 N–H and O–H groups in total. The number of fused-ring (bicyclic) bond motifs is 1. The quantitative estimate of drug-likeness (QED) is 0.208. The topological polar surface area (TPSA) is 97.4 Å². The molecule has 0 aromatic carbocycles. The van der Waals surface area contributed by atoms with Gasteiger partial charge in [0.1, 0.15) is 22.6 Å². The molecule has 0 radical (unpaired) electrons. The Kier molecular flexibility index (Phi) is 9.09. The fourth-order valence-corrected chi connectivity index (χ4v) is 4.64. The summed E-state index contributed by atoms with van der Waals surface area (Å²) < 4.78 is 55.4. The molecule has 2 fully saturated rings. The Bertz CT molecular complexity index is 570. The van der Waals surface area contributed by atoms with Gasteiger partial charge in [0.25, 0.3) is 0 Å². The molecule has 25 heavy (non-hydrogen) atoms. The van der Waals surface area contributed by atoms with Gasteiger partial charge in [-0.15, -0.1) is 0 Å². The van der Waals surface area contributed by atoms with Crippen LogP contribution in [0.1, 0.15) is 27.7 Å². The van der Waals surface area contributed by atoms with Crippen LogP contribution in [0.25, 0.3) is 0 Å². The van der Waals surface area contributed by atoms with Crippen LogP contribution in [0, 0.1) is 0 Å². The minimum absolute atomic E-state index is 0. The van der Waals surface area contributed by atoms with E-state index in [9.17, 15) is 13.0 Å². The van der Waals surface area contributed by atoms with Gasteiger partial charge in [-0.2, -0.15) is 0 Å². The van der Waals surface area contributed by atoms with Crippen molar-refractivity contribution in [2.24, 2.45) is 0 Å². The van der Waals surface area contributed by atoms with Crippen molar-refractivity contribution in [1.29, 1.82) is 0 Å². The number of ether oxygens (including phenoxy) is 3. The summed E-state index contributed by atoms with van der Waals surface area (Å²) in [5.74, 6) is -0.603. The largest absolute Gasteiger partial charge is 1.00 e. The van der Waals surface area contributed by atoms with Crippen LogP contribution in [-0.2, 0) is 28.8 Å². The van der Waals surface area contributed by atoms with Gasteiger partial charge < -0.3 is 23.7 Å². The predicted molar refractivity (Wildman–Crippen MR) is 91.2 cm³/mol. The van der Waals surface area contributed by atoms with Crippen molar-refractivity contribution in [3.8, 4) is 0 Å². The van der Waals surface area contributed by atoms with Crippen molar-refractivity contribution < 1.29 is 60.9 Å². The predicted octanol–water partition coefficient (Wildman–Crippen LogP) is -1.93. The summed E-state index contributed by atoms with van der Waals surface area (Å²) in [5, 5.41) is 0. The third kappa shape index (κ3) is 6.53. The first-order chi connectivity index (χ1) is 11.1. The molecule has 2 heterocycles. The third-order valence-corrected chi connectivity index (χ3v) is 5.78. The molecule has 0 unspecified atom stereocenters. The molecule has 2 aliphatic heterocycles. The monoisotopic (exact) mass is 423 g/mol. The molecule has 0 aromatic rings. The molecule has 0 bridgehead atoms. The van der Waals surface area contributed by atoms with E-state index in [2.05, 4.69) is 4.18 Å². The Labute approximate surface area is 180 Å². The third-order valence-electron chi connectivity index (χ3n) is 3.71. The Hall–Kier alpha value is 0.990. The minimum atomic E-state index is -4.90. The SMILES string of the molecule is CCN(CC)C(=S)SC[C@H]1O[C@@H]2OC(C)(C)O[C@@H]2[C@H]1OS(=O)(=O)[O-].[Na+]. The van der Waals surface area contributed by atoms with Gasteiger partial charge in [-0.25, -0.2) is 8.42 Å². The molecule has 0 saturated carbocycles. The van der Waals surface area contributed by atoms with Gasteiger partial charge in [-0.05, 0) is 27.7 Å². The number of rotatable bonds is 6. The van der Waals surface area contributed by atoms with E-state index in [1.54, 1.807) is 13.8 Å². The summed E-state index contributed by atoms with van der Waals surface area (Å²) in [6.45, 7) is 8.88. The zero-order chi connectivity index (χ0) is 18.1. The van der Waals surface area contributed by atoms with Crippen molar-refractivity contribution in [1.82, 2.24) is 4.90 Å². The average Bonchev–Trinajstić information content (AvgIpc) is 2.90. The molecule has 4 atom stereocenters. The fourth-order valence-electron chi connectivity index (χ4n) is 2.66. The smallest absolute Gasteiger partial charge is 0.726 e. The van der Waals surface area contributed by atoms with Crippen LogP contribution in [0.2, 0.25) is 0 Å². The van der Waals surface area contributed by atoms with Crippen molar-refractivity contribution in [2.75, 3.05) is 18.8 Å². The molecular formula is C13H22NNaO7S3. The normalized spacial score (nSPS) is 30.6. The van der Waals surface area contributed by atoms with Crippen molar-refractivity contribution in [3.63, 3.8) is 0 Å². The van der Waals surface area contributed by atoms with Crippen LogP contribution in [0.15, 0.2) is 0 Å².